The van der Waals surface area contributed by atoms with Gasteiger partial charge in [0.1, 0.15) is 11.8 Å². The third-order valence-corrected chi connectivity index (χ3v) is 3.39. The van der Waals surface area contributed by atoms with Crippen molar-refractivity contribution in [2.45, 2.75) is 6.42 Å². The normalized spacial score (nSPS) is 9.78. The molecule has 1 heterocycles. The largest absolute Gasteiger partial charge is 0.495 e. The highest BCUT2D eigenvalue weighted by Gasteiger charge is 2.07. The fourth-order valence-corrected chi connectivity index (χ4v) is 2.45. The van der Waals surface area contributed by atoms with Gasteiger partial charge in [0.05, 0.1) is 18.4 Å². The summed E-state index contributed by atoms with van der Waals surface area (Å²) in [5.41, 5.74) is 2.69. The van der Waals surface area contributed by atoms with Gasteiger partial charge in [-0.15, -0.1) is 0 Å². The number of ether oxygens (including phenoxy) is 1. The van der Waals surface area contributed by atoms with E-state index in [4.69, 9.17) is 10.00 Å². The third-order valence-electron chi connectivity index (χ3n) is 2.66. The maximum Gasteiger partial charge on any atom is 0.143 e. The van der Waals surface area contributed by atoms with Gasteiger partial charge in [-0.3, -0.25) is 0 Å². The van der Waals surface area contributed by atoms with Crippen molar-refractivity contribution in [3.63, 3.8) is 0 Å². The smallest absolute Gasteiger partial charge is 0.143 e. The first-order valence-electron chi connectivity index (χ1n) is 5.67. The molecule has 0 fully saturated rings. The monoisotopic (exact) mass is 258 g/mol. The molecule has 0 spiro atoms. The molecule has 0 saturated heterocycles. The molecule has 0 aliphatic heterocycles. The molecule has 2 rings (SSSR count). The van der Waals surface area contributed by atoms with Crippen LogP contribution in [-0.2, 0) is 6.42 Å². The fourth-order valence-electron chi connectivity index (χ4n) is 1.74. The van der Waals surface area contributed by atoms with E-state index in [1.54, 1.807) is 24.5 Å². The fraction of sp³-hybridized carbons (Fsp3) is 0.214. The zero-order valence-corrected chi connectivity index (χ0v) is 11.0. The molecule has 3 nitrogen and oxygen atoms in total. The van der Waals surface area contributed by atoms with Gasteiger partial charge in [-0.2, -0.15) is 16.6 Å². The van der Waals surface area contributed by atoms with Gasteiger partial charge in [-0.05, 0) is 40.9 Å². The zero-order chi connectivity index (χ0) is 12.8. The van der Waals surface area contributed by atoms with Crippen LogP contribution in [0.5, 0.6) is 5.75 Å². The van der Waals surface area contributed by atoms with Gasteiger partial charge in [0.25, 0.3) is 0 Å². The molecule has 1 aromatic carbocycles. The Morgan fingerprint density at radius 1 is 1.39 bits per heavy atom. The van der Waals surface area contributed by atoms with Crippen LogP contribution in [-0.4, -0.2) is 13.7 Å². The van der Waals surface area contributed by atoms with E-state index in [9.17, 15) is 0 Å². The molecule has 1 N–H and O–H groups in total. The maximum atomic E-state index is 9.08. The van der Waals surface area contributed by atoms with E-state index >= 15 is 0 Å². The van der Waals surface area contributed by atoms with Gasteiger partial charge >= 0.3 is 0 Å². The Hall–Kier alpha value is -1.99. The number of benzene rings is 1. The maximum absolute atomic E-state index is 9.08. The van der Waals surface area contributed by atoms with Crippen LogP contribution < -0.4 is 10.1 Å². The van der Waals surface area contributed by atoms with Crippen molar-refractivity contribution in [2.75, 3.05) is 19.0 Å². The van der Waals surface area contributed by atoms with Gasteiger partial charge in [-0.1, -0.05) is 6.07 Å². The summed E-state index contributed by atoms with van der Waals surface area (Å²) in [4.78, 5) is 0. The van der Waals surface area contributed by atoms with E-state index in [-0.39, 0.29) is 0 Å². The van der Waals surface area contributed by atoms with Crippen LogP contribution in [0.4, 0.5) is 5.69 Å². The van der Waals surface area contributed by atoms with Crippen LogP contribution >= 0.6 is 11.3 Å². The Kier molecular flexibility index (Phi) is 4.21. The summed E-state index contributed by atoms with van der Waals surface area (Å²) in [6.45, 7) is 0.784. The van der Waals surface area contributed by atoms with E-state index in [2.05, 4.69) is 28.2 Å². The second kappa shape index (κ2) is 6.08. The molecule has 0 amide bonds. The van der Waals surface area contributed by atoms with E-state index in [0.29, 0.717) is 11.3 Å². The molecule has 0 atom stereocenters. The second-order valence-corrected chi connectivity index (χ2v) is 4.58. The van der Waals surface area contributed by atoms with E-state index in [0.717, 1.165) is 18.7 Å². The predicted molar refractivity (Wildman–Crippen MR) is 74.2 cm³/mol. The SMILES string of the molecule is COc1cccc(C#N)c1NCCc1ccsc1. The minimum Gasteiger partial charge on any atom is -0.495 e. The number of nitrogens with zero attached hydrogens (tertiary/aromatic N) is 1. The van der Waals surface area contributed by atoms with E-state index in [1.165, 1.54) is 5.56 Å². The predicted octanol–water partition coefficient (Wildman–Crippen LogP) is 3.28. The van der Waals surface area contributed by atoms with Crippen molar-refractivity contribution >= 4 is 17.0 Å². The lowest BCUT2D eigenvalue weighted by molar-refractivity contribution is 0.416. The highest BCUT2D eigenvalue weighted by atomic mass is 32.1. The molecule has 2 aromatic rings. The summed E-state index contributed by atoms with van der Waals surface area (Å²) in [5.74, 6) is 0.708. The molecule has 92 valence electrons. The van der Waals surface area contributed by atoms with Gasteiger partial charge in [0.2, 0.25) is 0 Å². The number of anilines is 1. The second-order valence-electron chi connectivity index (χ2n) is 3.80. The highest BCUT2D eigenvalue weighted by molar-refractivity contribution is 7.07. The summed E-state index contributed by atoms with van der Waals surface area (Å²) in [5, 5.41) is 16.6. The van der Waals surface area contributed by atoms with Crippen LogP contribution in [0.3, 0.4) is 0 Å². The standard InChI is InChI=1S/C14H14N2OS/c1-17-13-4-2-3-12(9-15)14(13)16-7-5-11-6-8-18-10-11/h2-4,6,8,10,16H,5,7H2,1H3. The Labute approximate surface area is 111 Å². The Morgan fingerprint density at radius 2 is 2.28 bits per heavy atom. The molecule has 0 radical (unpaired) electrons. The number of para-hydroxylation sites is 1. The Balaban J connectivity index is 2.06. The van der Waals surface area contributed by atoms with Crippen LogP contribution in [0.2, 0.25) is 0 Å². The third kappa shape index (κ3) is 2.82. The highest BCUT2D eigenvalue weighted by Crippen LogP contribution is 2.27. The van der Waals surface area contributed by atoms with Crippen molar-refractivity contribution in [1.29, 1.82) is 5.26 Å². The number of methoxy groups -OCH3 is 1. The van der Waals surface area contributed by atoms with Crippen LogP contribution in [0.25, 0.3) is 0 Å². The molecule has 0 saturated carbocycles. The molecular formula is C14H14N2OS. The molecule has 0 unspecified atom stereocenters. The summed E-state index contributed by atoms with van der Waals surface area (Å²) in [6.07, 6.45) is 0.937. The van der Waals surface area contributed by atoms with E-state index in [1.807, 2.05) is 12.1 Å². The minimum absolute atomic E-state index is 0.611. The number of rotatable bonds is 5. The zero-order valence-electron chi connectivity index (χ0n) is 10.1. The molecule has 0 aliphatic rings. The van der Waals surface area contributed by atoms with Crippen LogP contribution in [0.1, 0.15) is 11.1 Å². The van der Waals surface area contributed by atoms with Crippen molar-refractivity contribution in [2.24, 2.45) is 0 Å². The van der Waals surface area contributed by atoms with Crippen LogP contribution in [0, 0.1) is 11.3 Å². The Bertz CT molecular complexity index is 543. The quantitative estimate of drug-likeness (QED) is 0.895. The van der Waals surface area contributed by atoms with Crippen molar-refractivity contribution in [1.82, 2.24) is 0 Å². The topological polar surface area (TPSA) is 45.0 Å². The molecule has 0 bridgehead atoms. The van der Waals surface area contributed by atoms with E-state index < -0.39 is 0 Å². The number of nitriles is 1. The Morgan fingerprint density at radius 3 is 2.94 bits per heavy atom. The molecule has 0 aliphatic carbocycles. The lowest BCUT2D eigenvalue weighted by Crippen LogP contribution is -2.07. The van der Waals surface area contributed by atoms with Gasteiger partial charge < -0.3 is 10.1 Å². The van der Waals surface area contributed by atoms with Gasteiger partial charge in [-0.25, -0.2) is 0 Å². The number of nitrogens with one attached hydrogen (secondary N) is 1. The number of thiophene rings is 1. The minimum atomic E-state index is 0.611. The van der Waals surface area contributed by atoms with Crippen molar-refractivity contribution < 1.29 is 4.74 Å². The number of hydrogen-bond donors (Lipinski definition) is 1. The van der Waals surface area contributed by atoms with Gasteiger partial charge in [0.15, 0.2) is 0 Å². The average molecular weight is 258 g/mol. The molecular weight excluding hydrogens is 244 g/mol. The summed E-state index contributed by atoms with van der Waals surface area (Å²) in [7, 11) is 1.61. The molecule has 1 aromatic heterocycles. The first kappa shape index (κ1) is 12.5. The summed E-state index contributed by atoms with van der Waals surface area (Å²) < 4.78 is 5.26. The average Bonchev–Trinajstić information content (AvgIpc) is 2.92. The molecule has 18 heavy (non-hydrogen) atoms. The first-order chi connectivity index (χ1) is 8.85. The van der Waals surface area contributed by atoms with Crippen LogP contribution in [0.15, 0.2) is 35.0 Å². The first-order valence-corrected chi connectivity index (χ1v) is 6.61. The molecule has 4 heteroatoms. The van der Waals surface area contributed by atoms with Gasteiger partial charge in [0, 0.05) is 6.54 Å². The summed E-state index contributed by atoms with van der Waals surface area (Å²) in [6, 6.07) is 9.75. The number of hydrogen-bond acceptors (Lipinski definition) is 4. The van der Waals surface area contributed by atoms with Crippen molar-refractivity contribution in [3.05, 3.63) is 46.2 Å². The van der Waals surface area contributed by atoms with Crippen molar-refractivity contribution in [3.8, 4) is 11.8 Å². The lowest BCUT2D eigenvalue weighted by atomic mass is 10.1. The summed E-state index contributed by atoms with van der Waals surface area (Å²) >= 11 is 1.70. The lowest BCUT2D eigenvalue weighted by Gasteiger charge is -2.12.